The van der Waals surface area contributed by atoms with Crippen LogP contribution >= 0.6 is 0 Å². The Kier molecular flexibility index (Phi) is 4.60. The van der Waals surface area contributed by atoms with E-state index in [9.17, 15) is 8.78 Å². The highest BCUT2D eigenvalue weighted by molar-refractivity contribution is 5.21. The summed E-state index contributed by atoms with van der Waals surface area (Å²) < 4.78 is 31.8. The fraction of sp³-hybridized carbons (Fsp3) is 0.538. The molecule has 0 aliphatic rings. The van der Waals surface area contributed by atoms with Crippen molar-refractivity contribution in [3.05, 3.63) is 35.4 Å². The zero-order chi connectivity index (χ0) is 13.1. The van der Waals surface area contributed by atoms with Crippen molar-refractivity contribution in [3.8, 4) is 0 Å². The van der Waals surface area contributed by atoms with Crippen LogP contribution in [0.2, 0.25) is 0 Å². The van der Waals surface area contributed by atoms with Crippen molar-refractivity contribution in [1.82, 2.24) is 5.32 Å². The normalized spacial score (nSPS) is 13.8. The quantitative estimate of drug-likeness (QED) is 0.858. The Morgan fingerprint density at radius 2 is 2.00 bits per heavy atom. The first kappa shape index (κ1) is 14.1. The minimum absolute atomic E-state index is 0.264. The molecule has 1 atom stereocenters. The van der Waals surface area contributed by atoms with E-state index in [-0.39, 0.29) is 11.6 Å². The number of hydrogen-bond donors (Lipinski definition) is 1. The Hall–Kier alpha value is -1.00. The van der Waals surface area contributed by atoms with Gasteiger partial charge in [-0.25, -0.2) is 8.78 Å². The van der Waals surface area contributed by atoms with Crippen molar-refractivity contribution in [3.63, 3.8) is 0 Å². The number of rotatable bonds is 5. The molecule has 0 saturated carbocycles. The molecule has 0 heterocycles. The summed E-state index contributed by atoms with van der Waals surface area (Å²) in [6.07, 6.45) is 0. The van der Waals surface area contributed by atoms with Crippen LogP contribution in [0.15, 0.2) is 18.2 Å². The van der Waals surface area contributed by atoms with E-state index in [1.807, 2.05) is 13.8 Å². The van der Waals surface area contributed by atoms with Gasteiger partial charge < -0.3 is 10.1 Å². The molecule has 0 bridgehead atoms. The lowest BCUT2D eigenvalue weighted by molar-refractivity contribution is 0.0213. The van der Waals surface area contributed by atoms with E-state index in [0.717, 1.165) is 12.1 Å². The summed E-state index contributed by atoms with van der Waals surface area (Å²) in [4.78, 5) is 0. The minimum Gasteiger partial charge on any atom is -0.377 e. The second-order valence-corrected chi connectivity index (χ2v) is 4.73. The Bertz CT molecular complexity index is 380. The molecule has 0 fully saturated rings. The monoisotopic (exact) mass is 243 g/mol. The Morgan fingerprint density at radius 3 is 2.59 bits per heavy atom. The van der Waals surface area contributed by atoms with Crippen LogP contribution in [0.5, 0.6) is 0 Å². The first-order valence-electron chi connectivity index (χ1n) is 5.59. The summed E-state index contributed by atoms with van der Waals surface area (Å²) in [5, 5.41) is 3.13. The summed E-state index contributed by atoms with van der Waals surface area (Å²) in [5.41, 5.74) is -0.00479. The number of methoxy groups -OCH3 is 1. The standard InChI is InChI=1S/C13H19F2NO/c1-9(16-8-13(2,3)17-4)11-7-10(14)5-6-12(11)15/h5-7,9,16H,8H2,1-4H3. The molecular formula is C13H19F2NO. The highest BCUT2D eigenvalue weighted by Gasteiger charge is 2.19. The minimum atomic E-state index is -0.430. The summed E-state index contributed by atoms with van der Waals surface area (Å²) >= 11 is 0. The summed E-state index contributed by atoms with van der Waals surface area (Å²) in [5.74, 6) is -0.831. The first-order chi connectivity index (χ1) is 7.85. The molecule has 0 aliphatic carbocycles. The Balaban J connectivity index is 2.70. The van der Waals surface area contributed by atoms with Crippen LogP contribution in [0.3, 0.4) is 0 Å². The molecule has 96 valence electrons. The van der Waals surface area contributed by atoms with Gasteiger partial charge in [-0.05, 0) is 39.0 Å². The van der Waals surface area contributed by atoms with Crippen LogP contribution in [0.1, 0.15) is 32.4 Å². The third kappa shape index (κ3) is 4.06. The van der Waals surface area contributed by atoms with Crippen molar-refractivity contribution in [2.75, 3.05) is 13.7 Å². The van der Waals surface area contributed by atoms with Gasteiger partial charge in [0.1, 0.15) is 11.6 Å². The fourth-order valence-electron chi connectivity index (χ4n) is 1.43. The molecule has 1 unspecified atom stereocenters. The third-order valence-corrected chi connectivity index (χ3v) is 2.81. The van der Waals surface area contributed by atoms with E-state index < -0.39 is 11.6 Å². The molecule has 0 saturated heterocycles. The smallest absolute Gasteiger partial charge is 0.128 e. The van der Waals surface area contributed by atoms with Gasteiger partial charge in [0, 0.05) is 25.3 Å². The lowest BCUT2D eigenvalue weighted by Crippen LogP contribution is -2.38. The molecule has 1 aromatic carbocycles. The van der Waals surface area contributed by atoms with Crippen LogP contribution in [0.4, 0.5) is 8.78 Å². The maximum Gasteiger partial charge on any atom is 0.128 e. The predicted molar refractivity (Wildman–Crippen MR) is 63.9 cm³/mol. The number of halogens is 2. The second kappa shape index (κ2) is 5.56. The van der Waals surface area contributed by atoms with Crippen molar-refractivity contribution >= 4 is 0 Å². The van der Waals surface area contributed by atoms with Gasteiger partial charge in [0.25, 0.3) is 0 Å². The molecule has 2 nitrogen and oxygen atoms in total. The number of hydrogen-bond acceptors (Lipinski definition) is 2. The van der Waals surface area contributed by atoms with Crippen LogP contribution in [0, 0.1) is 11.6 Å². The van der Waals surface area contributed by atoms with Gasteiger partial charge in [0.05, 0.1) is 5.60 Å². The third-order valence-electron chi connectivity index (χ3n) is 2.81. The molecule has 0 aliphatic heterocycles. The van der Waals surface area contributed by atoms with Crippen molar-refractivity contribution in [1.29, 1.82) is 0 Å². The maximum absolute atomic E-state index is 13.5. The van der Waals surface area contributed by atoms with Gasteiger partial charge in [-0.15, -0.1) is 0 Å². The van der Waals surface area contributed by atoms with Crippen molar-refractivity contribution < 1.29 is 13.5 Å². The number of nitrogens with one attached hydrogen (secondary N) is 1. The van der Waals surface area contributed by atoms with Crippen LogP contribution in [0.25, 0.3) is 0 Å². The lowest BCUT2D eigenvalue weighted by atomic mass is 10.1. The van der Waals surface area contributed by atoms with E-state index in [1.165, 1.54) is 6.07 Å². The molecule has 1 aromatic rings. The predicted octanol–water partition coefficient (Wildman–Crippen LogP) is 3.04. The topological polar surface area (TPSA) is 21.3 Å². The highest BCUT2D eigenvalue weighted by atomic mass is 19.1. The first-order valence-corrected chi connectivity index (χ1v) is 5.59. The van der Waals surface area contributed by atoms with E-state index in [2.05, 4.69) is 5.32 Å². The molecule has 4 heteroatoms. The molecule has 0 radical (unpaired) electrons. The maximum atomic E-state index is 13.5. The van der Waals surface area contributed by atoms with E-state index >= 15 is 0 Å². The van der Waals surface area contributed by atoms with Crippen LogP contribution in [-0.2, 0) is 4.74 Å². The largest absolute Gasteiger partial charge is 0.377 e. The summed E-state index contributed by atoms with van der Waals surface area (Å²) in [6, 6.07) is 3.21. The van der Waals surface area contributed by atoms with Gasteiger partial charge >= 0.3 is 0 Å². The molecule has 1 N–H and O–H groups in total. The fourth-order valence-corrected chi connectivity index (χ4v) is 1.43. The average Bonchev–Trinajstić information content (AvgIpc) is 2.29. The molecule has 0 amide bonds. The molecular weight excluding hydrogens is 224 g/mol. The number of ether oxygens (including phenoxy) is 1. The lowest BCUT2D eigenvalue weighted by Gasteiger charge is -2.26. The average molecular weight is 243 g/mol. The highest BCUT2D eigenvalue weighted by Crippen LogP contribution is 2.18. The SMILES string of the molecule is COC(C)(C)CNC(C)c1cc(F)ccc1F. The van der Waals surface area contributed by atoms with E-state index in [4.69, 9.17) is 4.74 Å². The molecule has 1 rings (SSSR count). The number of benzene rings is 1. The van der Waals surface area contributed by atoms with E-state index in [1.54, 1.807) is 14.0 Å². The van der Waals surface area contributed by atoms with Crippen LogP contribution < -0.4 is 5.32 Å². The molecule has 0 spiro atoms. The van der Waals surface area contributed by atoms with E-state index in [0.29, 0.717) is 12.1 Å². The van der Waals surface area contributed by atoms with Crippen molar-refractivity contribution in [2.24, 2.45) is 0 Å². The Labute approximate surface area is 101 Å². The summed E-state index contributed by atoms with van der Waals surface area (Å²) in [7, 11) is 1.62. The zero-order valence-corrected chi connectivity index (χ0v) is 10.7. The van der Waals surface area contributed by atoms with Gasteiger partial charge in [0.2, 0.25) is 0 Å². The molecule has 17 heavy (non-hydrogen) atoms. The van der Waals surface area contributed by atoms with Gasteiger partial charge in [-0.1, -0.05) is 0 Å². The molecule has 0 aromatic heterocycles. The van der Waals surface area contributed by atoms with Crippen molar-refractivity contribution in [2.45, 2.75) is 32.4 Å². The van der Waals surface area contributed by atoms with Gasteiger partial charge in [-0.2, -0.15) is 0 Å². The Morgan fingerprint density at radius 1 is 1.35 bits per heavy atom. The zero-order valence-electron chi connectivity index (χ0n) is 10.7. The second-order valence-electron chi connectivity index (χ2n) is 4.73. The van der Waals surface area contributed by atoms with Crippen LogP contribution in [-0.4, -0.2) is 19.3 Å². The van der Waals surface area contributed by atoms with Gasteiger partial charge in [-0.3, -0.25) is 0 Å². The summed E-state index contributed by atoms with van der Waals surface area (Å²) in [6.45, 7) is 6.20. The van der Waals surface area contributed by atoms with Gasteiger partial charge in [0.15, 0.2) is 0 Å².